The molecule has 1 aliphatic rings. The molecule has 3 aromatic rings. The summed E-state index contributed by atoms with van der Waals surface area (Å²) in [6.45, 7) is 2.16. The maximum Gasteiger partial charge on any atom is 0.277 e. The number of benzene rings is 2. The molecule has 8 heteroatoms. The van der Waals surface area contributed by atoms with E-state index in [4.69, 9.17) is 16.3 Å². The molecule has 1 heterocycles. The van der Waals surface area contributed by atoms with Crippen LogP contribution in [0.3, 0.4) is 0 Å². The van der Waals surface area contributed by atoms with Gasteiger partial charge >= 0.3 is 0 Å². The fourth-order valence-electron chi connectivity index (χ4n) is 4.00. The zero-order chi connectivity index (χ0) is 21.6. The Morgan fingerprint density at radius 2 is 2.03 bits per heavy atom. The van der Waals surface area contributed by atoms with Crippen LogP contribution in [-0.4, -0.2) is 33.2 Å². The van der Waals surface area contributed by atoms with Gasteiger partial charge in [0.05, 0.1) is 17.8 Å². The van der Waals surface area contributed by atoms with E-state index in [1.165, 1.54) is 19.3 Å². The van der Waals surface area contributed by atoms with Crippen LogP contribution in [-0.2, 0) is 11.3 Å². The van der Waals surface area contributed by atoms with Gasteiger partial charge in [-0.3, -0.25) is 4.79 Å². The van der Waals surface area contributed by atoms with Gasteiger partial charge in [-0.15, -0.1) is 5.10 Å². The van der Waals surface area contributed by atoms with Gasteiger partial charge in [-0.25, -0.2) is 10.1 Å². The van der Waals surface area contributed by atoms with Gasteiger partial charge in [0, 0.05) is 5.02 Å². The third-order valence-electron chi connectivity index (χ3n) is 5.55. The molecule has 0 spiro atoms. The summed E-state index contributed by atoms with van der Waals surface area (Å²) >= 11 is 6.21. The van der Waals surface area contributed by atoms with Gasteiger partial charge in [-0.2, -0.15) is 5.10 Å². The lowest BCUT2D eigenvalue weighted by atomic mass is 9.84. The second-order valence-electron chi connectivity index (χ2n) is 7.92. The molecule has 0 aliphatic heterocycles. The maximum atomic E-state index is 12.3. The van der Waals surface area contributed by atoms with Crippen molar-refractivity contribution in [2.24, 2.45) is 5.10 Å². The smallest absolute Gasteiger partial charge is 0.277 e. The number of ether oxygens (including phenoxy) is 1. The van der Waals surface area contributed by atoms with E-state index < -0.39 is 0 Å². The number of rotatable bonds is 7. The molecule has 162 valence electrons. The number of carbonyl (C=O) groups is 1. The molecular formula is C23H26ClN5O2. The van der Waals surface area contributed by atoms with E-state index in [2.05, 4.69) is 20.8 Å². The van der Waals surface area contributed by atoms with Crippen molar-refractivity contribution in [2.45, 2.75) is 51.5 Å². The van der Waals surface area contributed by atoms with E-state index in [0.29, 0.717) is 23.2 Å². The van der Waals surface area contributed by atoms with Crippen LogP contribution in [0.15, 0.2) is 47.6 Å². The number of fused-ring (bicyclic) bond motifs is 1. The van der Waals surface area contributed by atoms with Crippen LogP contribution < -0.4 is 10.2 Å². The monoisotopic (exact) mass is 439 g/mol. The number of amides is 1. The number of carbonyl (C=O) groups excluding carboxylic acids is 1. The predicted octanol–water partition coefficient (Wildman–Crippen LogP) is 4.70. The van der Waals surface area contributed by atoms with Crippen LogP contribution in [0.1, 0.15) is 50.5 Å². The Morgan fingerprint density at radius 3 is 2.87 bits per heavy atom. The van der Waals surface area contributed by atoms with Crippen LogP contribution >= 0.6 is 11.6 Å². The largest absolute Gasteiger partial charge is 0.483 e. The van der Waals surface area contributed by atoms with Crippen LogP contribution in [0.4, 0.5) is 0 Å². The highest BCUT2D eigenvalue weighted by Crippen LogP contribution is 2.38. The lowest BCUT2D eigenvalue weighted by Crippen LogP contribution is -2.26. The highest BCUT2D eigenvalue weighted by Gasteiger charge is 2.20. The molecule has 31 heavy (non-hydrogen) atoms. The molecule has 1 N–H and O–H groups in total. The molecule has 1 saturated carbocycles. The first-order chi connectivity index (χ1) is 15.1. The van der Waals surface area contributed by atoms with Crippen LogP contribution in [0.25, 0.3) is 11.0 Å². The number of para-hydroxylation sites is 1. The van der Waals surface area contributed by atoms with Gasteiger partial charge in [0.2, 0.25) is 0 Å². The van der Waals surface area contributed by atoms with E-state index >= 15 is 0 Å². The molecule has 1 fully saturated rings. The van der Waals surface area contributed by atoms with Gasteiger partial charge in [-0.05, 0) is 61.6 Å². The summed E-state index contributed by atoms with van der Waals surface area (Å²) in [6, 6.07) is 13.3. The third-order valence-corrected chi connectivity index (χ3v) is 5.78. The Hall–Kier alpha value is -2.93. The molecule has 0 radical (unpaired) electrons. The van der Waals surface area contributed by atoms with E-state index in [9.17, 15) is 4.79 Å². The lowest BCUT2D eigenvalue weighted by molar-refractivity contribution is -0.123. The van der Waals surface area contributed by atoms with Crippen molar-refractivity contribution in [2.75, 3.05) is 6.61 Å². The van der Waals surface area contributed by atoms with Gasteiger partial charge in [-0.1, -0.05) is 48.2 Å². The second kappa shape index (κ2) is 9.92. The normalized spacial score (nSPS) is 15.2. The lowest BCUT2D eigenvalue weighted by Gasteiger charge is -2.24. The van der Waals surface area contributed by atoms with Gasteiger partial charge in [0.15, 0.2) is 6.61 Å². The van der Waals surface area contributed by atoms with Crippen molar-refractivity contribution in [1.29, 1.82) is 0 Å². The molecule has 2 aromatic carbocycles. The maximum absolute atomic E-state index is 12.3. The van der Waals surface area contributed by atoms with Gasteiger partial charge in [0.25, 0.3) is 5.91 Å². The van der Waals surface area contributed by atoms with Crippen LogP contribution in [0, 0.1) is 0 Å². The molecule has 1 aliphatic carbocycles. The number of hydrazone groups is 1. The standard InChI is InChI=1S/C23H26ClN5O2/c1-16(14-29-21-10-6-5-9-20(21)26-28-29)25-27-23(30)15-31-22-12-11-18(24)13-19(22)17-7-3-2-4-8-17/h5-6,9-13,17H,2-4,7-8,14-15H2,1H3,(H,27,30)/b25-16-. The zero-order valence-corrected chi connectivity index (χ0v) is 18.3. The molecule has 0 atom stereocenters. The quantitative estimate of drug-likeness (QED) is 0.427. The predicted molar refractivity (Wildman–Crippen MR) is 122 cm³/mol. The van der Waals surface area contributed by atoms with Crippen molar-refractivity contribution in [3.05, 3.63) is 53.1 Å². The number of nitrogens with zero attached hydrogens (tertiary/aromatic N) is 4. The summed E-state index contributed by atoms with van der Waals surface area (Å²) in [5, 5.41) is 13.1. The molecular weight excluding hydrogens is 414 g/mol. The minimum atomic E-state index is -0.313. The highest BCUT2D eigenvalue weighted by molar-refractivity contribution is 6.30. The fourth-order valence-corrected chi connectivity index (χ4v) is 4.18. The van der Waals surface area contributed by atoms with E-state index in [0.717, 1.165) is 35.2 Å². The Bertz CT molecular complexity index is 1090. The van der Waals surface area contributed by atoms with Crippen LogP contribution in [0.5, 0.6) is 5.75 Å². The van der Waals surface area contributed by atoms with E-state index in [1.54, 1.807) is 10.7 Å². The Labute approximate surface area is 186 Å². The minimum Gasteiger partial charge on any atom is -0.483 e. The zero-order valence-electron chi connectivity index (χ0n) is 17.6. The molecule has 0 bridgehead atoms. The SMILES string of the molecule is C/C(Cn1nnc2ccccc21)=N/NC(=O)COc1ccc(Cl)cc1C1CCCCC1. The van der Waals surface area contributed by atoms with Crippen molar-refractivity contribution in [3.8, 4) is 5.75 Å². The summed E-state index contributed by atoms with van der Waals surface area (Å²) in [5.41, 5.74) is 6.11. The molecule has 7 nitrogen and oxygen atoms in total. The molecule has 0 saturated heterocycles. The number of hydrogen-bond donors (Lipinski definition) is 1. The first-order valence-electron chi connectivity index (χ1n) is 10.6. The first kappa shape index (κ1) is 21.3. The number of nitrogens with one attached hydrogen (secondary N) is 1. The average Bonchev–Trinajstić information content (AvgIpc) is 3.20. The fraction of sp³-hybridized carbons (Fsp3) is 0.391. The van der Waals surface area contributed by atoms with Crippen molar-refractivity contribution < 1.29 is 9.53 Å². The Morgan fingerprint density at radius 1 is 1.23 bits per heavy atom. The summed E-state index contributed by atoms with van der Waals surface area (Å²) < 4.78 is 7.59. The van der Waals surface area contributed by atoms with Gasteiger partial charge < -0.3 is 4.74 Å². The molecule has 0 unspecified atom stereocenters. The number of aromatic nitrogens is 3. The molecule has 4 rings (SSSR count). The Balaban J connectivity index is 1.34. The summed E-state index contributed by atoms with van der Waals surface area (Å²) in [4.78, 5) is 12.3. The van der Waals surface area contributed by atoms with Crippen molar-refractivity contribution in [3.63, 3.8) is 0 Å². The first-order valence-corrected chi connectivity index (χ1v) is 11.0. The van der Waals surface area contributed by atoms with Crippen LogP contribution in [0.2, 0.25) is 5.02 Å². The summed E-state index contributed by atoms with van der Waals surface area (Å²) in [5.74, 6) is 0.844. The van der Waals surface area contributed by atoms with E-state index in [-0.39, 0.29) is 12.5 Å². The summed E-state index contributed by atoms with van der Waals surface area (Å²) in [7, 11) is 0. The highest BCUT2D eigenvalue weighted by atomic mass is 35.5. The molecule has 1 aromatic heterocycles. The number of halogens is 1. The van der Waals surface area contributed by atoms with Crippen molar-refractivity contribution in [1.82, 2.24) is 20.4 Å². The second-order valence-corrected chi connectivity index (χ2v) is 8.36. The third kappa shape index (κ3) is 5.41. The molecule has 1 amide bonds. The minimum absolute atomic E-state index is 0.107. The van der Waals surface area contributed by atoms with Crippen molar-refractivity contribution >= 4 is 34.3 Å². The van der Waals surface area contributed by atoms with E-state index in [1.807, 2.05) is 43.3 Å². The number of hydrogen-bond acceptors (Lipinski definition) is 5. The average molecular weight is 440 g/mol. The Kier molecular flexibility index (Phi) is 6.82. The summed E-state index contributed by atoms with van der Waals surface area (Å²) in [6.07, 6.45) is 5.96. The van der Waals surface area contributed by atoms with Gasteiger partial charge in [0.1, 0.15) is 11.3 Å². The topological polar surface area (TPSA) is 81.4 Å².